The third-order valence-corrected chi connectivity index (χ3v) is 3.67. The lowest BCUT2D eigenvalue weighted by Crippen LogP contribution is -2.10. The van der Waals surface area contributed by atoms with Gasteiger partial charge in [0.05, 0.1) is 6.04 Å². The first kappa shape index (κ1) is 11.4. The van der Waals surface area contributed by atoms with Gasteiger partial charge in [-0.05, 0) is 26.1 Å². The largest absolute Gasteiger partial charge is 0.388 e. The third-order valence-electron chi connectivity index (χ3n) is 2.30. The van der Waals surface area contributed by atoms with Crippen molar-refractivity contribution < 1.29 is 5.11 Å². The second-order valence-corrected chi connectivity index (χ2v) is 5.11. The highest BCUT2D eigenvalue weighted by Crippen LogP contribution is 2.23. The molecule has 0 aromatic carbocycles. The van der Waals surface area contributed by atoms with E-state index >= 15 is 0 Å². The van der Waals surface area contributed by atoms with Crippen molar-refractivity contribution in [3.63, 3.8) is 0 Å². The molecule has 2 heterocycles. The van der Waals surface area contributed by atoms with Crippen LogP contribution in [0, 0.1) is 11.7 Å². The number of H-pyrrole nitrogens is 1. The highest BCUT2D eigenvalue weighted by Gasteiger charge is 2.16. The summed E-state index contributed by atoms with van der Waals surface area (Å²) in [5.74, 6) is 0.533. The fourth-order valence-electron chi connectivity index (χ4n) is 1.52. The number of aliphatic hydroxyl groups is 1. The highest BCUT2D eigenvalue weighted by molar-refractivity contribution is 7.71. The van der Waals surface area contributed by atoms with Crippen LogP contribution in [0.4, 0.5) is 0 Å². The average Bonchev–Trinajstić information content (AvgIpc) is 2.83. The Labute approximate surface area is 102 Å². The van der Waals surface area contributed by atoms with E-state index in [1.165, 1.54) is 0 Å². The van der Waals surface area contributed by atoms with Crippen LogP contribution in [-0.4, -0.2) is 24.9 Å². The van der Waals surface area contributed by atoms with E-state index in [9.17, 15) is 0 Å². The van der Waals surface area contributed by atoms with Gasteiger partial charge >= 0.3 is 0 Å². The summed E-state index contributed by atoms with van der Waals surface area (Å²) < 4.78 is 2.29. The Balaban J connectivity index is 2.44. The number of hydrogen-bond donors (Lipinski definition) is 2. The summed E-state index contributed by atoms with van der Waals surface area (Å²) in [6.45, 7) is 3.86. The molecule has 2 aromatic heterocycles. The molecule has 1 unspecified atom stereocenters. The summed E-state index contributed by atoms with van der Waals surface area (Å²) in [6.07, 6.45) is 1.83. The molecule has 0 aliphatic heterocycles. The number of nitrogens with one attached hydrogen (secondary N) is 1. The zero-order chi connectivity index (χ0) is 11.7. The number of aromatic amines is 1. The molecule has 16 heavy (non-hydrogen) atoms. The number of hydrogen-bond acceptors (Lipinski definition) is 5. The van der Waals surface area contributed by atoms with Gasteiger partial charge in [0, 0.05) is 11.1 Å². The zero-order valence-electron chi connectivity index (χ0n) is 8.97. The summed E-state index contributed by atoms with van der Waals surface area (Å²) in [5, 5.41) is 16.8. The van der Waals surface area contributed by atoms with Crippen molar-refractivity contribution in [2.24, 2.45) is 0 Å². The van der Waals surface area contributed by atoms with Crippen LogP contribution >= 0.6 is 23.6 Å². The maximum atomic E-state index is 9.17. The van der Waals surface area contributed by atoms with Crippen LogP contribution in [-0.2, 0) is 6.61 Å². The monoisotopic (exact) mass is 256 g/mol. The summed E-state index contributed by atoms with van der Waals surface area (Å²) in [7, 11) is 0. The molecule has 0 fully saturated rings. The SMILES string of the molecule is Cc1cnc(C(C)n2c(CO)n[nH]c2=S)s1. The number of nitrogens with zero attached hydrogens (tertiary/aromatic N) is 3. The van der Waals surface area contributed by atoms with Crippen LogP contribution in [0.5, 0.6) is 0 Å². The van der Waals surface area contributed by atoms with Gasteiger partial charge < -0.3 is 5.11 Å². The fourth-order valence-corrected chi connectivity index (χ4v) is 2.65. The standard InChI is InChI=1S/C9H12N4OS2/c1-5-3-10-8(16-5)6(2)13-7(4-14)11-12-9(13)15/h3,6,14H,4H2,1-2H3,(H,12,15). The molecule has 0 radical (unpaired) electrons. The van der Waals surface area contributed by atoms with Gasteiger partial charge in [0.25, 0.3) is 0 Å². The van der Waals surface area contributed by atoms with E-state index in [0.717, 1.165) is 9.88 Å². The fraction of sp³-hybridized carbons (Fsp3) is 0.444. The Morgan fingerprint density at radius 1 is 1.69 bits per heavy atom. The number of thiazole rings is 1. The average molecular weight is 256 g/mol. The molecular weight excluding hydrogens is 244 g/mol. The smallest absolute Gasteiger partial charge is 0.195 e. The molecular formula is C9H12N4OS2. The van der Waals surface area contributed by atoms with Gasteiger partial charge in [0.15, 0.2) is 10.6 Å². The van der Waals surface area contributed by atoms with Crippen molar-refractivity contribution >= 4 is 23.6 Å². The quantitative estimate of drug-likeness (QED) is 0.822. The normalized spacial score (nSPS) is 12.9. The van der Waals surface area contributed by atoms with Gasteiger partial charge in [-0.15, -0.1) is 11.3 Å². The lowest BCUT2D eigenvalue weighted by atomic mass is 10.3. The maximum Gasteiger partial charge on any atom is 0.195 e. The molecule has 0 spiro atoms. The zero-order valence-corrected chi connectivity index (χ0v) is 10.6. The van der Waals surface area contributed by atoms with E-state index in [4.69, 9.17) is 17.3 Å². The number of aliphatic hydroxyl groups excluding tert-OH is 1. The first-order chi connectivity index (χ1) is 7.63. The predicted molar refractivity (Wildman–Crippen MR) is 64.0 cm³/mol. The molecule has 2 rings (SSSR count). The first-order valence-electron chi connectivity index (χ1n) is 4.82. The Bertz CT molecular complexity index is 542. The summed E-state index contributed by atoms with van der Waals surface area (Å²) >= 11 is 6.75. The molecule has 0 amide bonds. The number of aryl methyl sites for hydroxylation is 1. The molecule has 0 saturated heterocycles. The van der Waals surface area contributed by atoms with Gasteiger partial charge in [-0.25, -0.2) is 4.98 Å². The minimum Gasteiger partial charge on any atom is -0.388 e. The molecule has 0 aliphatic carbocycles. The van der Waals surface area contributed by atoms with Gasteiger partial charge in [0.1, 0.15) is 11.6 Å². The van der Waals surface area contributed by atoms with Crippen LogP contribution in [0.25, 0.3) is 0 Å². The second-order valence-electron chi connectivity index (χ2n) is 3.46. The van der Waals surface area contributed by atoms with Gasteiger partial charge in [-0.2, -0.15) is 5.10 Å². The highest BCUT2D eigenvalue weighted by atomic mass is 32.1. The molecule has 7 heteroatoms. The van der Waals surface area contributed by atoms with Crippen molar-refractivity contribution in [2.45, 2.75) is 26.5 Å². The van der Waals surface area contributed by atoms with Crippen molar-refractivity contribution in [3.05, 3.63) is 26.7 Å². The van der Waals surface area contributed by atoms with Crippen LogP contribution < -0.4 is 0 Å². The Hall–Kier alpha value is -1.05. The summed E-state index contributed by atoms with van der Waals surface area (Å²) in [5.41, 5.74) is 0. The Kier molecular flexibility index (Phi) is 3.17. The van der Waals surface area contributed by atoms with Gasteiger partial charge in [-0.3, -0.25) is 9.67 Å². The molecule has 86 valence electrons. The maximum absolute atomic E-state index is 9.17. The second kappa shape index (κ2) is 4.44. The van der Waals surface area contributed by atoms with E-state index in [0.29, 0.717) is 10.6 Å². The van der Waals surface area contributed by atoms with Crippen LogP contribution in [0.15, 0.2) is 6.20 Å². The predicted octanol–water partition coefficient (Wildman–Crippen LogP) is 1.81. The van der Waals surface area contributed by atoms with E-state index in [-0.39, 0.29) is 12.6 Å². The molecule has 2 N–H and O–H groups in total. The van der Waals surface area contributed by atoms with Crippen LogP contribution in [0.3, 0.4) is 0 Å². The van der Waals surface area contributed by atoms with Gasteiger partial charge in [-0.1, -0.05) is 0 Å². The van der Waals surface area contributed by atoms with E-state index in [1.807, 2.05) is 20.0 Å². The van der Waals surface area contributed by atoms with Crippen molar-refractivity contribution in [2.75, 3.05) is 0 Å². The molecule has 0 aliphatic rings. The lowest BCUT2D eigenvalue weighted by molar-refractivity contribution is 0.263. The minimum atomic E-state index is -0.137. The van der Waals surface area contributed by atoms with Crippen molar-refractivity contribution in [3.8, 4) is 0 Å². The molecule has 5 nitrogen and oxygen atoms in total. The molecule has 0 bridgehead atoms. The van der Waals surface area contributed by atoms with E-state index < -0.39 is 0 Å². The first-order valence-corrected chi connectivity index (χ1v) is 6.05. The number of aromatic nitrogens is 4. The Morgan fingerprint density at radius 3 is 3.00 bits per heavy atom. The van der Waals surface area contributed by atoms with E-state index in [2.05, 4.69) is 15.2 Å². The topological polar surface area (TPSA) is 66.7 Å². The van der Waals surface area contributed by atoms with Crippen LogP contribution in [0.1, 0.15) is 28.7 Å². The Morgan fingerprint density at radius 2 is 2.44 bits per heavy atom. The summed E-state index contributed by atoms with van der Waals surface area (Å²) in [6, 6.07) is -0.00731. The van der Waals surface area contributed by atoms with Crippen LogP contribution in [0.2, 0.25) is 0 Å². The molecule has 0 saturated carbocycles. The molecule has 1 atom stereocenters. The third kappa shape index (κ3) is 1.93. The lowest BCUT2D eigenvalue weighted by Gasteiger charge is -2.11. The summed E-state index contributed by atoms with van der Waals surface area (Å²) in [4.78, 5) is 5.47. The van der Waals surface area contributed by atoms with E-state index in [1.54, 1.807) is 15.9 Å². The number of rotatable bonds is 3. The van der Waals surface area contributed by atoms with Gasteiger partial charge in [0.2, 0.25) is 0 Å². The van der Waals surface area contributed by atoms with Crippen molar-refractivity contribution in [1.82, 2.24) is 19.7 Å². The minimum absolute atomic E-state index is 0.00731. The molecule has 2 aromatic rings. The van der Waals surface area contributed by atoms with Crippen molar-refractivity contribution in [1.29, 1.82) is 0 Å².